The number of alkyl halides is 2. The summed E-state index contributed by atoms with van der Waals surface area (Å²) in [7, 11) is 1.79. The van der Waals surface area contributed by atoms with Crippen molar-refractivity contribution < 1.29 is 18.3 Å². The van der Waals surface area contributed by atoms with E-state index in [1.807, 2.05) is 0 Å². The van der Waals surface area contributed by atoms with Gasteiger partial charge >= 0.3 is 6.61 Å². The fraction of sp³-hybridized carbons (Fsp3) is 0.529. The summed E-state index contributed by atoms with van der Waals surface area (Å²) in [5.41, 5.74) is 0.161. The lowest BCUT2D eigenvalue weighted by Crippen LogP contribution is -2.48. The molecule has 0 unspecified atom stereocenters. The molecule has 0 saturated heterocycles. The maximum Gasteiger partial charge on any atom is 0.387 e. The standard InChI is InChI=1S/C17H21F2N3O2/c1-22(10-13-4-6-14(7-5-13)24-16(18)19)11-15(23)21-17(12-20)8-2-3-9-17/h4-7,16H,2-3,8-11H2,1H3,(H,21,23). The van der Waals surface area contributed by atoms with E-state index in [0.717, 1.165) is 18.4 Å². The Labute approximate surface area is 140 Å². The van der Waals surface area contributed by atoms with Gasteiger partial charge in [0.25, 0.3) is 0 Å². The number of ether oxygens (including phenoxy) is 1. The summed E-state index contributed by atoms with van der Waals surface area (Å²) in [5, 5.41) is 12.1. The maximum atomic E-state index is 12.1. The number of hydrogen-bond donors (Lipinski definition) is 1. The van der Waals surface area contributed by atoms with Crippen LogP contribution in [-0.4, -0.2) is 36.5 Å². The lowest BCUT2D eigenvalue weighted by atomic mass is 10.00. The van der Waals surface area contributed by atoms with Crippen LogP contribution in [0.3, 0.4) is 0 Å². The fourth-order valence-electron chi connectivity index (χ4n) is 2.94. The second kappa shape index (κ2) is 8.06. The minimum absolute atomic E-state index is 0.103. The number of halogens is 2. The zero-order valence-corrected chi connectivity index (χ0v) is 13.6. The van der Waals surface area contributed by atoms with Gasteiger partial charge in [0.05, 0.1) is 12.6 Å². The number of rotatable bonds is 7. The maximum absolute atomic E-state index is 12.1. The van der Waals surface area contributed by atoms with Crippen molar-refractivity contribution >= 4 is 5.91 Å². The number of likely N-dealkylation sites (N-methyl/N-ethyl adjacent to an activating group) is 1. The van der Waals surface area contributed by atoms with Crippen LogP contribution in [0.15, 0.2) is 24.3 Å². The van der Waals surface area contributed by atoms with Crippen molar-refractivity contribution in [1.29, 1.82) is 5.26 Å². The summed E-state index contributed by atoms with van der Waals surface area (Å²) in [6, 6.07) is 8.53. The molecule has 0 aliphatic heterocycles. The van der Waals surface area contributed by atoms with Gasteiger partial charge in [0.2, 0.25) is 5.91 Å². The second-order valence-electron chi connectivity index (χ2n) is 6.14. The van der Waals surface area contributed by atoms with Crippen LogP contribution in [0.2, 0.25) is 0 Å². The topological polar surface area (TPSA) is 65.4 Å². The van der Waals surface area contributed by atoms with E-state index in [9.17, 15) is 18.8 Å². The molecule has 1 N–H and O–H groups in total. The van der Waals surface area contributed by atoms with Gasteiger partial charge in [-0.3, -0.25) is 9.69 Å². The first-order chi connectivity index (χ1) is 11.4. The quantitative estimate of drug-likeness (QED) is 0.831. The third-order valence-electron chi connectivity index (χ3n) is 4.06. The average Bonchev–Trinajstić information content (AvgIpc) is 2.97. The van der Waals surface area contributed by atoms with Gasteiger partial charge in [0.15, 0.2) is 0 Å². The number of carbonyl (C=O) groups excluding carboxylic acids is 1. The Kier molecular flexibility index (Phi) is 6.10. The number of benzene rings is 1. The third-order valence-corrected chi connectivity index (χ3v) is 4.06. The van der Waals surface area contributed by atoms with Crippen LogP contribution in [0.25, 0.3) is 0 Å². The molecule has 0 atom stereocenters. The first-order valence-electron chi connectivity index (χ1n) is 7.87. The normalized spacial score (nSPS) is 16.2. The molecule has 1 amide bonds. The number of carbonyl (C=O) groups is 1. The summed E-state index contributed by atoms with van der Waals surface area (Å²) >= 11 is 0. The van der Waals surface area contributed by atoms with Gasteiger partial charge in [0, 0.05) is 6.54 Å². The Morgan fingerprint density at radius 1 is 1.38 bits per heavy atom. The third kappa shape index (κ3) is 5.17. The van der Waals surface area contributed by atoms with Crippen LogP contribution in [0.4, 0.5) is 8.78 Å². The molecule has 1 aliphatic rings. The van der Waals surface area contributed by atoms with Crippen molar-refractivity contribution in [3.8, 4) is 11.8 Å². The number of nitrogens with one attached hydrogen (secondary N) is 1. The molecule has 5 nitrogen and oxygen atoms in total. The Hall–Kier alpha value is -2.20. The minimum Gasteiger partial charge on any atom is -0.435 e. The molecule has 24 heavy (non-hydrogen) atoms. The molecule has 0 aromatic heterocycles. The Balaban J connectivity index is 1.83. The molecule has 1 aromatic carbocycles. The largest absolute Gasteiger partial charge is 0.435 e. The van der Waals surface area contributed by atoms with Crippen molar-refractivity contribution in [2.24, 2.45) is 0 Å². The molecule has 1 saturated carbocycles. The molecule has 1 aliphatic carbocycles. The van der Waals surface area contributed by atoms with Crippen LogP contribution in [0, 0.1) is 11.3 Å². The summed E-state index contributed by atoms with van der Waals surface area (Å²) in [6.45, 7) is -2.19. The monoisotopic (exact) mass is 337 g/mol. The van der Waals surface area contributed by atoms with Crippen LogP contribution in [0.1, 0.15) is 31.2 Å². The Morgan fingerprint density at radius 2 is 2.00 bits per heavy atom. The van der Waals surface area contributed by atoms with Crippen molar-refractivity contribution in [3.05, 3.63) is 29.8 Å². The highest BCUT2D eigenvalue weighted by Gasteiger charge is 2.35. The number of hydrogen-bond acceptors (Lipinski definition) is 4. The van der Waals surface area contributed by atoms with Gasteiger partial charge < -0.3 is 10.1 Å². The molecular weight excluding hydrogens is 316 g/mol. The van der Waals surface area contributed by atoms with Gasteiger partial charge in [-0.25, -0.2) is 0 Å². The molecule has 1 fully saturated rings. The van der Waals surface area contributed by atoms with Crippen LogP contribution < -0.4 is 10.1 Å². The van der Waals surface area contributed by atoms with E-state index in [1.165, 1.54) is 12.1 Å². The average molecular weight is 337 g/mol. The van der Waals surface area contributed by atoms with E-state index in [2.05, 4.69) is 16.1 Å². The fourth-order valence-corrected chi connectivity index (χ4v) is 2.94. The molecule has 7 heteroatoms. The predicted molar refractivity (Wildman–Crippen MR) is 84.4 cm³/mol. The molecule has 0 radical (unpaired) electrons. The molecule has 130 valence electrons. The molecule has 0 spiro atoms. The zero-order valence-electron chi connectivity index (χ0n) is 13.6. The Morgan fingerprint density at radius 3 is 2.54 bits per heavy atom. The number of nitrogens with zero attached hydrogens (tertiary/aromatic N) is 2. The molecule has 0 bridgehead atoms. The van der Waals surface area contributed by atoms with Gasteiger partial charge in [-0.15, -0.1) is 0 Å². The highest BCUT2D eigenvalue weighted by molar-refractivity contribution is 5.79. The molecule has 1 aromatic rings. The van der Waals surface area contributed by atoms with Crippen molar-refractivity contribution in [2.45, 2.75) is 44.4 Å². The summed E-state index contributed by atoms with van der Waals surface area (Å²) in [4.78, 5) is 13.9. The van der Waals surface area contributed by atoms with Gasteiger partial charge in [-0.05, 0) is 50.4 Å². The number of amides is 1. The van der Waals surface area contributed by atoms with Crippen molar-refractivity contribution in [3.63, 3.8) is 0 Å². The van der Waals surface area contributed by atoms with Gasteiger partial charge in [0.1, 0.15) is 11.3 Å². The predicted octanol–water partition coefficient (Wildman–Crippen LogP) is 2.67. The van der Waals surface area contributed by atoms with E-state index in [4.69, 9.17) is 0 Å². The van der Waals surface area contributed by atoms with Crippen molar-refractivity contribution in [1.82, 2.24) is 10.2 Å². The highest BCUT2D eigenvalue weighted by Crippen LogP contribution is 2.28. The van der Waals surface area contributed by atoms with E-state index in [1.54, 1.807) is 24.1 Å². The summed E-state index contributed by atoms with van der Waals surface area (Å²) in [5.74, 6) is -0.0788. The molecule has 0 heterocycles. The summed E-state index contributed by atoms with van der Waals surface area (Å²) < 4.78 is 28.5. The van der Waals surface area contributed by atoms with Crippen LogP contribution >= 0.6 is 0 Å². The van der Waals surface area contributed by atoms with E-state index in [-0.39, 0.29) is 18.2 Å². The van der Waals surface area contributed by atoms with Crippen LogP contribution in [0.5, 0.6) is 5.75 Å². The number of nitriles is 1. The smallest absolute Gasteiger partial charge is 0.387 e. The molecular formula is C17H21F2N3O2. The van der Waals surface area contributed by atoms with E-state index < -0.39 is 12.2 Å². The van der Waals surface area contributed by atoms with Gasteiger partial charge in [-0.2, -0.15) is 14.0 Å². The zero-order chi connectivity index (χ0) is 17.6. The molecule has 2 rings (SSSR count). The SMILES string of the molecule is CN(CC(=O)NC1(C#N)CCCC1)Cc1ccc(OC(F)F)cc1. The lowest BCUT2D eigenvalue weighted by Gasteiger charge is -2.24. The van der Waals surface area contributed by atoms with E-state index in [0.29, 0.717) is 19.4 Å². The first kappa shape index (κ1) is 18.1. The second-order valence-corrected chi connectivity index (χ2v) is 6.14. The summed E-state index contributed by atoms with van der Waals surface area (Å²) in [6.07, 6.45) is 3.31. The Bertz CT molecular complexity index is 593. The van der Waals surface area contributed by atoms with Crippen molar-refractivity contribution in [2.75, 3.05) is 13.6 Å². The minimum atomic E-state index is -2.84. The highest BCUT2D eigenvalue weighted by atomic mass is 19.3. The van der Waals surface area contributed by atoms with Crippen LogP contribution in [-0.2, 0) is 11.3 Å². The van der Waals surface area contributed by atoms with E-state index >= 15 is 0 Å². The van der Waals surface area contributed by atoms with Gasteiger partial charge in [-0.1, -0.05) is 12.1 Å². The lowest BCUT2D eigenvalue weighted by molar-refractivity contribution is -0.123. The first-order valence-corrected chi connectivity index (χ1v) is 7.87.